The first-order valence-corrected chi connectivity index (χ1v) is 7.52. The SMILES string of the molecule is CCN(CC)CCNC(=O)NCCc1ccc(Cl)cc1. The third kappa shape index (κ3) is 6.78. The summed E-state index contributed by atoms with van der Waals surface area (Å²) in [5.41, 5.74) is 1.16. The Labute approximate surface area is 126 Å². The van der Waals surface area contributed by atoms with E-state index in [1.807, 2.05) is 24.3 Å². The fraction of sp³-hybridized carbons (Fsp3) is 0.533. The molecule has 1 aromatic rings. The van der Waals surface area contributed by atoms with Gasteiger partial charge in [-0.05, 0) is 37.2 Å². The number of rotatable bonds is 8. The van der Waals surface area contributed by atoms with E-state index in [1.54, 1.807) is 0 Å². The highest BCUT2D eigenvalue weighted by molar-refractivity contribution is 6.30. The Morgan fingerprint density at radius 3 is 2.30 bits per heavy atom. The van der Waals surface area contributed by atoms with Crippen molar-refractivity contribution in [1.29, 1.82) is 0 Å². The highest BCUT2D eigenvalue weighted by Crippen LogP contribution is 2.09. The average molecular weight is 298 g/mol. The van der Waals surface area contributed by atoms with Crippen molar-refractivity contribution in [2.24, 2.45) is 0 Å². The van der Waals surface area contributed by atoms with Crippen molar-refractivity contribution in [3.8, 4) is 0 Å². The van der Waals surface area contributed by atoms with Gasteiger partial charge in [-0.1, -0.05) is 37.6 Å². The van der Waals surface area contributed by atoms with E-state index >= 15 is 0 Å². The number of hydrogen-bond acceptors (Lipinski definition) is 2. The third-order valence-electron chi connectivity index (χ3n) is 3.22. The molecule has 5 heteroatoms. The molecular weight excluding hydrogens is 274 g/mol. The molecular formula is C15H24ClN3O. The molecule has 0 spiro atoms. The largest absolute Gasteiger partial charge is 0.338 e. The summed E-state index contributed by atoms with van der Waals surface area (Å²) in [5.74, 6) is 0. The molecule has 0 fully saturated rings. The Morgan fingerprint density at radius 2 is 1.70 bits per heavy atom. The number of benzene rings is 1. The molecule has 0 atom stereocenters. The standard InChI is InChI=1S/C15H24ClN3O/c1-3-19(4-2)12-11-18-15(20)17-10-9-13-5-7-14(16)8-6-13/h5-8H,3-4,9-12H2,1-2H3,(H2,17,18,20). The molecule has 0 aromatic heterocycles. The van der Waals surface area contributed by atoms with Crippen LogP contribution in [0.2, 0.25) is 5.02 Å². The van der Waals surface area contributed by atoms with Gasteiger partial charge in [-0.25, -0.2) is 4.79 Å². The first-order valence-electron chi connectivity index (χ1n) is 7.14. The summed E-state index contributed by atoms with van der Waals surface area (Å²) in [6, 6.07) is 7.57. The zero-order valence-corrected chi connectivity index (χ0v) is 13.0. The number of carbonyl (C=O) groups is 1. The summed E-state index contributed by atoms with van der Waals surface area (Å²) in [6.45, 7) is 8.45. The second kappa shape index (κ2) is 9.61. The monoisotopic (exact) mass is 297 g/mol. The Morgan fingerprint density at radius 1 is 1.10 bits per heavy atom. The molecule has 0 bridgehead atoms. The van der Waals surface area contributed by atoms with Gasteiger partial charge in [0.15, 0.2) is 0 Å². The molecule has 112 valence electrons. The lowest BCUT2D eigenvalue weighted by molar-refractivity contribution is 0.237. The van der Waals surface area contributed by atoms with Gasteiger partial charge in [0.1, 0.15) is 0 Å². The minimum absolute atomic E-state index is 0.105. The molecule has 0 unspecified atom stereocenters. The zero-order chi connectivity index (χ0) is 14.8. The lowest BCUT2D eigenvalue weighted by Gasteiger charge is -2.18. The van der Waals surface area contributed by atoms with Crippen molar-refractivity contribution >= 4 is 17.6 Å². The van der Waals surface area contributed by atoms with Crippen LogP contribution in [0, 0.1) is 0 Å². The van der Waals surface area contributed by atoms with Crippen molar-refractivity contribution < 1.29 is 4.79 Å². The van der Waals surface area contributed by atoms with E-state index in [-0.39, 0.29) is 6.03 Å². The summed E-state index contributed by atoms with van der Waals surface area (Å²) < 4.78 is 0. The fourth-order valence-electron chi connectivity index (χ4n) is 1.90. The van der Waals surface area contributed by atoms with Crippen molar-refractivity contribution in [3.05, 3.63) is 34.9 Å². The van der Waals surface area contributed by atoms with Crippen molar-refractivity contribution in [1.82, 2.24) is 15.5 Å². The van der Waals surface area contributed by atoms with Crippen LogP contribution in [0.15, 0.2) is 24.3 Å². The van der Waals surface area contributed by atoms with Crippen LogP contribution in [-0.4, -0.2) is 43.7 Å². The van der Waals surface area contributed by atoms with Crippen LogP contribution in [-0.2, 0) is 6.42 Å². The van der Waals surface area contributed by atoms with Crippen LogP contribution in [0.5, 0.6) is 0 Å². The van der Waals surface area contributed by atoms with Crippen LogP contribution in [0.25, 0.3) is 0 Å². The van der Waals surface area contributed by atoms with E-state index < -0.39 is 0 Å². The predicted molar refractivity (Wildman–Crippen MR) is 84.3 cm³/mol. The topological polar surface area (TPSA) is 44.4 Å². The van der Waals surface area contributed by atoms with Gasteiger partial charge in [-0.3, -0.25) is 0 Å². The zero-order valence-electron chi connectivity index (χ0n) is 12.3. The lowest BCUT2D eigenvalue weighted by Crippen LogP contribution is -2.41. The molecule has 2 N–H and O–H groups in total. The Balaban J connectivity index is 2.12. The molecule has 4 nitrogen and oxygen atoms in total. The Kier molecular flexibility index (Phi) is 8.07. The predicted octanol–water partition coefficient (Wildman–Crippen LogP) is 2.52. The van der Waals surface area contributed by atoms with Crippen LogP contribution in [0.3, 0.4) is 0 Å². The molecule has 0 saturated carbocycles. The van der Waals surface area contributed by atoms with Crippen molar-refractivity contribution in [2.45, 2.75) is 20.3 Å². The first kappa shape index (κ1) is 16.8. The smallest absolute Gasteiger partial charge is 0.314 e. The summed E-state index contributed by atoms with van der Waals surface area (Å²) in [5, 5.41) is 6.45. The minimum Gasteiger partial charge on any atom is -0.338 e. The maximum Gasteiger partial charge on any atom is 0.314 e. The van der Waals surface area contributed by atoms with Crippen LogP contribution >= 0.6 is 11.6 Å². The quantitative estimate of drug-likeness (QED) is 0.774. The number of hydrogen-bond donors (Lipinski definition) is 2. The van der Waals surface area contributed by atoms with Crippen molar-refractivity contribution in [3.63, 3.8) is 0 Å². The summed E-state index contributed by atoms with van der Waals surface area (Å²) in [4.78, 5) is 13.9. The van der Waals surface area contributed by atoms with Gasteiger partial charge in [0.2, 0.25) is 0 Å². The molecule has 0 aliphatic carbocycles. The van der Waals surface area contributed by atoms with Gasteiger partial charge in [-0.15, -0.1) is 0 Å². The van der Waals surface area contributed by atoms with Crippen LogP contribution < -0.4 is 10.6 Å². The van der Waals surface area contributed by atoms with Gasteiger partial charge in [0.05, 0.1) is 0 Å². The molecule has 0 radical (unpaired) electrons. The van der Waals surface area contributed by atoms with E-state index in [1.165, 1.54) is 0 Å². The number of likely N-dealkylation sites (N-methyl/N-ethyl adjacent to an activating group) is 1. The minimum atomic E-state index is -0.105. The molecule has 1 aromatic carbocycles. The van der Waals surface area contributed by atoms with Gasteiger partial charge in [0.25, 0.3) is 0 Å². The van der Waals surface area contributed by atoms with Crippen molar-refractivity contribution in [2.75, 3.05) is 32.7 Å². The van der Waals surface area contributed by atoms with E-state index in [0.29, 0.717) is 13.1 Å². The third-order valence-corrected chi connectivity index (χ3v) is 3.47. The molecule has 0 aliphatic rings. The number of nitrogens with zero attached hydrogens (tertiary/aromatic N) is 1. The summed E-state index contributed by atoms with van der Waals surface area (Å²) in [7, 11) is 0. The van der Waals surface area contributed by atoms with Gasteiger partial charge >= 0.3 is 6.03 Å². The van der Waals surface area contributed by atoms with E-state index in [4.69, 9.17) is 11.6 Å². The van der Waals surface area contributed by atoms with Gasteiger partial charge in [0, 0.05) is 24.7 Å². The highest BCUT2D eigenvalue weighted by Gasteiger charge is 2.02. The number of urea groups is 1. The Bertz CT molecular complexity index is 391. The normalized spacial score (nSPS) is 10.6. The van der Waals surface area contributed by atoms with E-state index in [9.17, 15) is 4.79 Å². The lowest BCUT2D eigenvalue weighted by atomic mass is 10.1. The second-order valence-electron chi connectivity index (χ2n) is 4.59. The number of nitrogens with one attached hydrogen (secondary N) is 2. The molecule has 20 heavy (non-hydrogen) atoms. The average Bonchev–Trinajstić information content (AvgIpc) is 2.46. The Hall–Kier alpha value is -1.26. The molecule has 2 amide bonds. The fourth-order valence-corrected chi connectivity index (χ4v) is 2.03. The number of amides is 2. The van der Waals surface area contributed by atoms with E-state index in [2.05, 4.69) is 29.4 Å². The summed E-state index contributed by atoms with van der Waals surface area (Å²) in [6.07, 6.45) is 0.806. The molecule has 0 heterocycles. The molecule has 0 aliphatic heterocycles. The van der Waals surface area contributed by atoms with Gasteiger partial charge < -0.3 is 15.5 Å². The van der Waals surface area contributed by atoms with Crippen LogP contribution in [0.1, 0.15) is 19.4 Å². The molecule has 0 saturated heterocycles. The molecule has 1 rings (SSSR count). The van der Waals surface area contributed by atoms with E-state index in [0.717, 1.165) is 36.6 Å². The highest BCUT2D eigenvalue weighted by atomic mass is 35.5. The maximum atomic E-state index is 11.6. The number of carbonyl (C=O) groups excluding carboxylic acids is 1. The van der Waals surface area contributed by atoms with Crippen LogP contribution in [0.4, 0.5) is 4.79 Å². The first-order chi connectivity index (χ1) is 9.65. The summed E-state index contributed by atoms with van der Waals surface area (Å²) >= 11 is 5.82. The maximum absolute atomic E-state index is 11.6. The van der Waals surface area contributed by atoms with Gasteiger partial charge in [-0.2, -0.15) is 0 Å². The second-order valence-corrected chi connectivity index (χ2v) is 5.02. The number of halogens is 1.